The molecule has 1 aliphatic heterocycles. The molecule has 3 unspecified atom stereocenters. The Kier molecular flexibility index (Phi) is 5.25. The van der Waals surface area contributed by atoms with E-state index in [1.54, 1.807) is 12.1 Å². The second-order valence-corrected chi connectivity index (χ2v) is 6.70. The monoisotopic (exact) mass is 283 g/mol. The minimum atomic E-state index is -0.576. The van der Waals surface area contributed by atoms with Crippen molar-refractivity contribution in [1.82, 2.24) is 4.90 Å². The van der Waals surface area contributed by atoms with E-state index in [0.717, 1.165) is 18.8 Å². The third kappa shape index (κ3) is 3.94. The minimum Gasteiger partial charge on any atom is -0.388 e. The smallest absolute Gasteiger partial charge is 0.123 e. The largest absolute Gasteiger partial charge is 0.388 e. The number of aliphatic hydroxyl groups excluding tert-OH is 1. The average Bonchev–Trinajstić information content (AvgIpc) is 2.40. The van der Waals surface area contributed by atoms with E-state index >= 15 is 0 Å². The van der Waals surface area contributed by atoms with Gasteiger partial charge in [-0.05, 0) is 31.0 Å². The third-order valence-corrected chi connectivity index (χ3v) is 5.28. The van der Waals surface area contributed by atoms with Crippen molar-refractivity contribution in [1.29, 1.82) is 0 Å². The summed E-state index contributed by atoms with van der Waals surface area (Å²) in [7, 11) is 0. The van der Waals surface area contributed by atoms with Gasteiger partial charge >= 0.3 is 0 Å². The molecular formula is C15H22FNOS. The quantitative estimate of drug-likeness (QED) is 0.918. The Morgan fingerprint density at radius 2 is 2.26 bits per heavy atom. The van der Waals surface area contributed by atoms with Crippen molar-refractivity contribution in [2.24, 2.45) is 0 Å². The molecule has 1 aliphatic rings. The van der Waals surface area contributed by atoms with Crippen LogP contribution in [0.25, 0.3) is 0 Å². The van der Waals surface area contributed by atoms with E-state index in [4.69, 9.17) is 0 Å². The molecule has 1 aromatic rings. The number of hydrogen-bond acceptors (Lipinski definition) is 3. The minimum absolute atomic E-state index is 0.284. The molecule has 106 valence electrons. The van der Waals surface area contributed by atoms with Crippen molar-refractivity contribution in [2.75, 3.05) is 18.8 Å². The lowest BCUT2D eigenvalue weighted by atomic mass is 10.1. The van der Waals surface area contributed by atoms with Crippen LogP contribution in [0.3, 0.4) is 0 Å². The second-order valence-electron chi connectivity index (χ2n) is 5.21. The zero-order valence-corrected chi connectivity index (χ0v) is 12.4. The van der Waals surface area contributed by atoms with E-state index in [0.29, 0.717) is 23.3 Å². The molecule has 4 heteroatoms. The number of hydrogen-bond donors (Lipinski definition) is 1. The first-order valence-electron chi connectivity index (χ1n) is 6.87. The number of halogens is 1. The molecule has 1 heterocycles. The normalized spacial score (nSPS) is 26.3. The van der Waals surface area contributed by atoms with Crippen molar-refractivity contribution >= 4 is 11.8 Å². The van der Waals surface area contributed by atoms with E-state index in [-0.39, 0.29) is 5.82 Å². The molecule has 0 spiro atoms. The molecule has 0 bridgehead atoms. The molecule has 1 fully saturated rings. The summed E-state index contributed by atoms with van der Waals surface area (Å²) in [5.74, 6) is 0.870. The number of nitrogens with zero attached hydrogens (tertiary/aromatic N) is 1. The number of rotatable bonds is 4. The standard InChI is InChI=1S/C15H22FNOS/c1-11-12(2)19-9-8-17(11)7-6-15(18)13-4-3-5-14(16)10-13/h3-5,10-12,15,18H,6-9H2,1-2H3. The lowest BCUT2D eigenvalue weighted by Crippen LogP contribution is -2.45. The molecule has 19 heavy (non-hydrogen) atoms. The zero-order valence-electron chi connectivity index (χ0n) is 11.6. The summed E-state index contributed by atoms with van der Waals surface area (Å²) in [5.41, 5.74) is 0.673. The highest BCUT2D eigenvalue weighted by atomic mass is 32.2. The zero-order chi connectivity index (χ0) is 13.8. The number of benzene rings is 1. The van der Waals surface area contributed by atoms with E-state index in [1.807, 2.05) is 11.8 Å². The van der Waals surface area contributed by atoms with Crippen molar-refractivity contribution in [3.05, 3.63) is 35.6 Å². The first-order valence-corrected chi connectivity index (χ1v) is 7.92. The van der Waals surface area contributed by atoms with Gasteiger partial charge in [-0.3, -0.25) is 4.90 Å². The Morgan fingerprint density at radius 3 is 3.00 bits per heavy atom. The topological polar surface area (TPSA) is 23.5 Å². The summed E-state index contributed by atoms with van der Waals surface area (Å²) in [6, 6.07) is 6.80. The van der Waals surface area contributed by atoms with Gasteiger partial charge in [-0.1, -0.05) is 19.1 Å². The first-order chi connectivity index (χ1) is 9.08. The van der Waals surface area contributed by atoms with Crippen LogP contribution in [0.1, 0.15) is 31.9 Å². The highest BCUT2D eigenvalue weighted by molar-refractivity contribution is 8.00. The highest BCUT2D eigenvalue weighted by Gasteiger charge is 2.25. The van der Waals surface area contributed by atoms with Gasteiger partial charge in [0.15, 0.2) is 0 Å². The molecule has 1 N–H and O–H groups in total. The molecule has 0 aliphatic carbocycles. The van der Waals surface area contributed by atoms with Crippen molar-refractivity contribution in [3.63, 3.8) is 0 Å². The maximum atomic E-state index is 13.1. The van der Waals surface area contributed by atoms with Gasteiger partial charge in [-0.15, -0.1) is 0 Å². The van der Waals surface area contributed by atoms with Gasteiger partial charge in [0, 0.05) is 30.1 Å². The summed E-state index contributed by atoms with van der Waals surface area (Å²) in [5, 5.41) is 10.8. The van der Waals surface area contributed by atoms with Crippen LogP contribution in [0, 0.1) is 5.82 Å². The van der Waals surface area contributed by atoms with Crippen LogP contribution in [-0.4, -0.2) is 40.1 Å². The fourth-order valence-corrected chi connectivity index (χ4v) is 3.64. The Balaban J connectivity index is 1.88. The maximum absolute atomic E-state index is 13.1. The molecular weight excluding hydrogens is 261 g/mol. The predicted octanol–water partition coefficient (Wildman–Crippen LogP) is 3.08. The molecule has 2 rings (SSSR count). The van der Waals surface area contributed by atoms with Crippen LogP contribution in [-0.2, 0) is 0 Å². The average molecular weight is 283 g/mol. The summed E-state index contributed by atoms with van der Waals surface area (Å²) >= 11 is 2.01. The maximum Gasteiger partial charge on any atom is 0.123 e. The van der Waals surface area contributed by atoms with Crippen molar-refractivity contribution in [3.8, 4) is 0 Å². The lowest BCUT2D eigenvalue weighted by Gasteiger charge is -2.37. The molecule has 2 nitrogen and oxygen atoms in total. The Hall–Kier alpha value is -0.580. The van der Waals surface area contributed by atoms with Gasteiger partial charge in [-0.25, -0.2) is 4.39 Å². The van der Waals surface area contributed by atoms with Crippen LogP contribution in [0.15, 0.2) is 24.3 Å². The Bertz CT molecular complexity index is 415. The molecule has 0 saturated carbocycles. The van der Waals surface area contributed by atoms with Crippen LogP contribution in [0.5, 0.6) is 0 Å². The van der Waals surface area contributed by atoms with E-state index in [2.05, 4.69) is 18.7 Å². The van der Waals surface area contributed by atoms with Gasteiger partial charge in [0.25, 0.3) is 0 Å². The van der Waals surface area contributed by atoms with E-state index in [1.165, 1.54) is 12.1 Å². The Morgan fingerprint density at radius 1 is 1.47 bits per heavy atom. The van der Waals surface area contributed by atoms with Crippen LogP contribution in [0.4, 0.5) is 4.39 Å². The highest BCUT2D eigenvalue weighted by Crippen LogP contribution is 2.25. The first kappa shape index (κ1) is 14.8. The molecule has 0 amide bonds. The fraction of sp³-hybridized carbons (Fsp3) is 0.600. The van der Waals surface area contributed by atoms with Crippen LogP contribution < -0.4 is 0 Å². The van der Waals surface area contributed by atoms with Gasteiger partial charge in [-0.2, -0.15) is 11.8 Å². The molecule has 3 atom stereocenters. The molecule has 1 saturated heterocycles. The van der Waals surface area contributed by atoms with Crippen molar-refractivity contribution < 1.29 is 9.50 Å². The summed E-state index contributed by atoms with van der Waals surface area (Å²) in [6.45, 7) is 6.44. The molecule has 1 aromatic carbocycles. The Labute approximate surface area is 119 Å². The number of aliphatic hydroxyl groups is 1. The molecule has 0 radical (unpaired) electrons. The lowest BCUT2D eigenvalue weighted by molar-refractivity contribution is 0.128. The third-order valence-electron chi connectivity index (χ3n) is 3.94. The number of thioether (sulfide) groups is 1. The van der Waals surface area contributed by atoms with Gasteiger partial charge < -0.3 is 5.11 Å². The summed E-state index contributed by atoms with van der Waals surface area (Å²) in [4.78, 5) is 2.42. The van der Waals surface area contributed by atoms with Gasteiger partial charge in [0.05, 0.1) is 6.10 Å². The van der Waals surface area contributed by atoms with Gasteiger partial charge in [0.1, 0.15) is 5.82 Å². The summed E-state index contributed by atoms with van der Waals surface area (Å²) < 4.78 is 13.1. The van der Waals surface area contributed by atoms with Crippen molar-refractivity contribution in [2.45, 2.75) is 37.7 Å². The molecule has 0 aromatic heterocycles. The van der Waals surface area contributed by atoms with Crippen LogP contribution >= 0.6 is 11.8 Å². The fourth-order valence-electron chi connectivity index (χ4n) is 2.48. The summed E-state index contributed by atoms with van der Waals surface area (Å²) in [6.07, 6.45) is 0.0818. The van der Waals surface area contributed by atoms with E-state index < -0.39 is 6.10 Å². The predicted molar refractivity (Wildman–Crippen MR) is 78.9 cm³/mol. The van der Waals surface area contributed by atoms with E-state index in [9.17, 15) is 9.50 Å². The van der Waals surface area contributed by atoms with Gasteiger partial charge in [0.2, 0.25) is 0 Å². The second kappa shape index (κ2) is 6.73. The van der Waals surface area contributed by atoms with Crippen LogP contribution in [0.2, 0.25) is 0 Å². The SMILES string of the molecule is CC1SCCN(CCC(O)c2cccc(F)c2)C1C.